The molecule has 0 saturated carbocycles. The summed E-state index contributed by atoms with van der Waals surface area (Å²) in [5.74, 6) is 0. The van der Waals surface area contributed by atoms with Crippen LogP contribution in [0.2, 0.25) is 0 Å². The van der Waals surface area contributed by atoms with Crippen molar-refractivity contribution in [1.29, 1.82) is 0 Å². The van der Waals surface area contributed by atoms with Gasteiger partial charge in [0.05, 0.1) is 0 Å². The Morgan fingerprint density at radius 2 is 1.25 bits per heavy atom. The van der Waals surface area contributed by atoms with Crippen LogP contribution in [0.15, 0.2) is 0 Å². The molecule has 0 saturated heterocycles. The SMILES string of the molecule is CCC[O-].CC[O-].[Ca+2]. The van der Waals surface area contributed by atoms with E-state index >= 15 is 0 Å². The Kier molecular flexibility index (Phi) is 48.5. The molecule has 0 rings (SSSR count). The van der Waals surface area contributed by atoms with Crippen LogP contribution in [0.4, 0.5) is 0 Å². The van der Waals surface area contributed by atoms with Gasteiger partial charge >= 0.3 is 37.7 Å². The minimum Gasteiger partial charge on any atom is -0.855 e. The zero-order valence-corrected chi connectivity index (χ0v) is 7.85. The quantitative estimate of drug-likeness (QED) is 0.431. The molecule has 0 fully saturated rings. The van der Waals surface area contributed by atoms with Crippen molar-refractivity contribution >= 4 is 37.7 Å². The van der Waals surface area contributed by atoms with Gasteiger partial charge < -0.3 is 10.2 Å². The second-order valence-corrected chi connectivity index (χ2v) is 0.993. The summed E-state index contributed by atoms with van der Waals surface area (Å²) in [6, 6.07) is 0. The van der Waals surface area contributed by atoms with Crippen LogP contribution in [0.25, 0.3) is 0 Å². The van der Waals surface area contributed by atoms with Gasteiger partial charge in [0.25, 0.3) is 0 Å². The van der Waals surface area contributed by atoms with Crippen LogP contribution >= 0.6 is 0 Å². The molecule has 0 unspecified atom stereocenters. The van der Waals surface area contributed by atoms with Gasteiger partial charge in [0.2, 0.25) is 0 Å². The van der Waals surface area contributed by atoms with E-state index in [2.05, 4.69) is 0 Å². The number of hydrogen-bond acceptors (Lipinski definition) is 2. The normalized spacial score (nSPS) is 6.00. The van der Waals surface area contributed by atoms with Gasteiger partial charge in [-0.15, -0.1) is 13.2 Å². The summed E-state index contributed by atoms with van der Waals surface area (Å²) in [5, 5.41) is 18.2. The van der Waals surface area contributed by atoms with Gasteiger partial charge in [-0.3, -0.25) is 0 Å². The molecule has 0 heterocycles. The first-order chi connectivity index (χ1) is 3.33. The molecule has 0 aromatic rings. The molecule has 0 spiro atoms. The summed E-state index contributed by atoms with van der Waals surface area (Å²) in [7, 11) is 0. The molecule has 0 radical (unpaired) electrons. The minimum absolute atomic E-state index is 0. The molecule has 0 aliphatic heterocycles. The molecule has 2 nitrogen and oxygen atoms in total. The zero-order chi connectivity index (χ0) is 6.12. The first-order valence-corrected chi connectivity index (χ1v) is 2.49. The first-order valence-electron chi connectivity index (χ1n) is 2.49. The summed E-state index contributed by atoms with van der Waals surface area (Å²) in [6.45, 7) is 3.51. The summed E-state index contributed by atoms with van der Waals surface area (Å²) in [5.41, 5.74) is 0. The second-order valence-electron chi connectivity index (χ2n) is 0.993. The van der Waals surface area contributed by atoms with Crippen LogP contribution in [-0.2, 0) is 0 Å². The Balaban J connectivity index is -0.0000000575. The van der Waals surface area contributed by atoms with E-state index in [1.807, 2.05) is 6.92 Å². The summed E-state index contributed by atoms with van der Waals surface area (Å²) in [4.78, 5) is 0. The predicted octanol–water partition coefficient (Wildman–Crippen LogP) is -1.26. The van der Waals surface area contributed by atoms with E-state index in [4.69, 9.17) is 5.11 Å². The Bertz CT molecular complexity index is 17.9. The molecule has 0 aromatic carbocycles. The Labute approximate surface area is 80.9 Å². The molecule has 0 atom stereocenters. The number of hydrogen-bond donors (Lipinski definition) is 0. The Morgan fingerprint density at radius 3 is 1.25 bits per heavy atom. The van der Waals surface area contributed by atoms with Gasteiger partial charge in [-0.05, 0) is 0 Å². The molecule has 0 bridgehead atoms. The molecule has 0 amide bonds. The van der Waals surface area contributed by atoms with Gasteiger partial charge in [0.15, 0.2) is 0 Å². The third-order valence-corrected chi connectivity index (χ3v) is 0.204. The molecule has 8 heavy (non-hydrogen) atoms. The van der Waals surface area contributed by atoms with Crippen LogP contribution in [0, 0.1) is 0 Å². The van der Waals surface area contributed by atoms with Crippen molar-refractivity contribution in [2.75, 3.05) is 13.2 Å². The third kappa shape index (κ3) is 57.7. The fourth-order valence-electron chi connectivity index (χ4n) is 0. The van der Waals surface area contributed by atoms with Crippen molar-refractivity contribution in [1.82, 2.24) is 0 Å². The van der Waals surface area contributed by atoms with Crippen molar-refractivity contribution < 1.29 is 10.2 Å². The average Bonchev–Trinajstić information content (AvgIpc) is 1.69. The second kappa shape index (κ2) is 24.1. The van der Waals surface area contributed by atoms with E-state index in [0.29, 0.717) is 0 Å². The van der Waals surface area contributed by atoms with Crippen LogP contribution in [-0.4, -0.2) is 51.0 Å². The molecule has 0 aliphatic rings. The van der Waals surface area contributed by atoms with Gasteiger partial charge in [0, 0.05) is 0 Å². The van der Waals surface area contributed by atoms with Crippen molar-refractivity contribution in [3.05, 3.63) is 0 Å². The van der Waals surface area contributed by atoms with E-state index < -0.39 is 0 Å². The monoisotopic (exact) mass is 144 g/mol. The molecule has 0 aliphatic carbocycles. The van der Waals surface area contributed by atoms with E-state index in [0.717, 1.165) is 6.42 Å². The molecule has 0 aromatic heterocycles. The molecule has 0 N–H and O–H groups in total. The molecular weight excluding hydrogens is 132 g/mol. The fraction of sp³-hybridized carbons (Fsp3) is 1.00. The average molecular weight is 144 g/mol. The Hall–Kier alpha value is 1.18. The van der Waals surface area contributed by atoms with Crippen molar-refractivity contribution in [2.24, 2.45) is 0 Å². The largest absolute Gasteiger partial charge is 2.00 e. The van der Waals surface area contributed by atoms with Crippen LogP contribution < -0.4 is 10.2 Å². The predicted molar refractivity (Wildman–Crippen MR) is 31.5 cm³/mol. The fourth-order valence-corrected chi connectivity index (χ4v) is 0. The van der Waals surface area contributed by atoms with Gasteiger partial charge in [-0.2, -0.15) is 0 Å². The van der Waals surface area contributed by atoms with E-state index in [1.54, 1.807) is 6.92 Å². The molecular formula is C5H12CaO2. The molecule has 46 valence electrons. The van der Waals surface area contributed by atoms with Crippen molar-refractivity contribution in [3.63, 3.8) is 0 Å². The summed E-state index contributed by atoms with van der Waals surface area (Å²) < 4.78 is 0. The van der Waals surface area contributed by atoms with E-state index in [9.17, 15) is 5.11 Å². The van der Waals surface area contributed by atoms with Crippen molar-refractivity contribution in [2.45, 2.75) is 20.3 Å². The molecule has 3 heteroatoms. The van der Waals surface area contributed by atoms with Gasteiger partial charge in [-0.25, -0.2) is 0 Å². The van der Waals surface area contributed by atoms with Crippen LogP contribution in [0.3, 0.4) is 0 Å². The van der Waals surface area contributed by atoms with Crippen molar-refractivity contribution in [3.8, 4) is 0 Å². The maximum absolute atomic E-state index is 9.30. The van der Waals surface area contributed by atoms with Crippen LogP contribution in [0.1, 0.15) is 20.3 Å². The minimum atomic E-state index is 0. The standard InChI is InChI=1S/C3H7O.C2H5O.Ca/c1-2-3-4;1-2-3;/h2-3H2,1H3;2H2,1H3;/q2*-1;+2. The topological polar surface area (TPSA) is 46.1 Å². The first kappa shape index (κ1) is 16.1. The maximum atomic E-state index is 9.30. The van der Waals surface area contributed by atoms with E-state index in [1.165, 1.54) is 0 Å². The summed E-state index contributed by atoms with van der Waals surface area (Å²) >= 11 is 0. The van der Waals surface area contributed by atoms with Gasteiger partial charge in [-0.1, -0.05) is 20.3 Å². The van der Waals surface area contributed by atoms with E-state index in [-0.39, 0.29) is 51.0 Å². The van der Waals surface area contributed by atoms with Gasteiger partial charge in [0.1, 0.15) is 0 Å². The summed E-state index contributed by atoms with van der Waals surface area (Å²) in [6.07, 6.45) is 0.764. The number of rotatable bonds is 1. The smallest absolute Gasteiger partial charge is 0.855 e. The van der Waals surface area contributed by atoms with Crippen LogP contribution in [0.5, 0.6) is 0 Å². The zero-order valence-electron chi connectivity index (χ0n) is 5.64. The Morgan fingerprint density at radius 1 is 1.12 bits per heavy atom. The maximum Gasteiger partial charge on any atom is 2.00 e. The third-order valence-electron chi connectivity index (χ3n) is 0.204.